The van der Waals surface area contributed by atoms with Crippen molar-refractivity contribution in [3.05, 3.63) is 60.7 Å². The van der Waals surface area contributed by atoms with Gasteiger partial charge in [0.25, 0.3) is 8.32 Å². The first-order valence-corrected chi connectivity index (χ1v) is 12.5. The van der Waals surface area contributed by atoms with E-state index in [0.29, 0.717) is 12.4 Å². The van der Waals surface area contributed by atoms with Crippen molar-refractivity contribution in [2.24, 2.45) is 0 Å². The van der Waals surface area contributed by atoms with E-state index in [9.17, 15) is 4.79 Å². The van der Waals surface area contributed by atoms with E-state index >= 15 is 0 Å². The van der Waals surface area contributed by atoms with Gasteiger partial charge in [-0.25, -0.2) is 0 Å². The summed E-state index contributed by atoms with van der Waals surface area (Å²) in [5.41, 5.74) is -0.147. The van der Waals surface area contributed by atoms with Gasteiger partial charge in [-0.1, -0.05) is 81.4 Å². The first kappa shape index (κ1) is 21.1. The Morgan fingerprint density at radius 3 is 2.07 bits per heavy atom. The molecule has 28 heavy (non-hydrogen) atoms. The summed E-state index contributed by atoms with van der Waals surface area (Å²) in [4.78, 5) is 11.2. The second-order valence-electron chi connectivity index (χ2n) is 7.91. The van der Waals surface area contributed by atoms with Crippen LogP contribution in [0.4, 0.5) is 0 Å². The summed E-state index contributed by atoms with van der Waals surface area (Å²) in [6.45, 7) is 8.62. The first-order valence-electron chi connectivity index (χ1n) is 9.52. The number of carbonyl (C=O) groups is 1. The Morgan fingerprint density at radius 1 is 1.07 bits per heavy atom. The van der Waals surface area contributed by atoms with Gasteiger partial charge in [-0.15, -0.1) is 11.8 Å². The molecular formula is C22H28O4SSi. The normalized spacial score (nSPS) is 20.1. The molecule has 3 rings (SSSR count). The van der Waals surface area contributed by atoms with Gasteiger partial charge in [0.05, 0.1) is 12.4 Å². The molecule has 1 aliphatic rings. The SMILES string of the molecule is CC(=O)OC1CSC(CO[Si](c2ccccc2)(c2ccccc2)C(C)(C)C)O1. The minimum atomic E-state index is -2.57. The predicted octanol–water partition coefficient (Wildman–Crippen LogP) is 3.54. The summed E-state index contributed by atoms with van der Waals surface area (Å²) in [5.74, 6) is 0.313. The minimum Gasteiger partial charge on any atom is -0.435 e. The van der Waals surface area contributed by atoms with Gasteiger partial charge in [-0.05, 0) is 15.4 Å². The maximum absolute atomic E-state index is 11.2. The van der Waals surface area contributed by atoms with Crippen molar-refractivity contribution in [3.63, 3.8) is 0 Å². The van der Waals surface area contributed by atoms with Crippen LogP contribution < -0.4 is 10.4 Å². The average Bonchev–Trinajstić information content (AvgIpc) is 3.09. The average molecular weight is 417 g/mol. The fraction of sp³-hybridized carbons (Fsp3) is 0.409. The number of esters is 1. The molecule has 0 amide bonds. The molecule has 1 heterocycles. The fourth-order valence-corrected chi connectivity index (χ4v) is 9.29. The van der Waals surface area contributed by atoms with Crippen LogP contribution in [0.25, 0.3) is 0 Å². The lowest BCUT2D eigenvalue weighted by Gasteiger charge is -2.43. The van der Waals surface area contributed by atoms with Crippen molar-refractivity contribution >= 4 is 36.4 Å². The van der Waals surface area contributed by atoms with E-state index in [0.717, 1.165) is 0 Å². The summed E-state index contributed by atoms with van der Waals surface area (Å²) in [5, 5.41) is 2.41. The van der Waals surface area contributed by atoms with Crippen molar-refractivity contribution in [1.82, 2.24) is 0 Å². The van der Waals surface area contributed by atoms with Gasteiger partial charge in [0.2, 0.25) is 6.29 Å². The Kier molecular flexibility index (Phi) is 6.65. The van der Waals surface area contributed by atoms with Crippen LogP contribution in [0.2, 0.25) is 5.04 Å². The third-order valence-electron chi connectivity index (χ3n) is 4.87. The number of rotatable bonds is 6. The standard InChI is InChI=1S/C22H28O4SSi/c1-17(23)25-20-16-27-21(26-20)15-24-28(22(2,3)4,18-11-7-5-8-12-18)19-13-9-6-10-14-19/h5-14,20-21H,15-16H2,1-4H3. The van der Waals surface area contributed by atoms with Gasteiger partial charge in [-0.3, -0.25) is 4.79 Å². The zero-order valence-corrected chi connectivity index (χ0v) is 18.7. The molecule has 1 aliphatic heterocycles. The van der Waals surface area contributed by atoms with Crippen molar-refractivity contribution in [1.29, 1.82) is 0 Å². The molecule has 2 atom stereocenters. The van der Waals surface area contributed by atoms with Gasteiger partial charge in [-0.2, -0.15) is 0 Å². The van der Waals surface area contributed by atoms with Gasteiger partial charge < -0.3 is 13.9 Å². The predicted molar refractivity (Wildman–Crippen MR) is 116 cm³/mol. The van der Waals surface area contributed by atoms with Crippen LogP contribution in [0.3, 0.4) is 0 Å². The summed E-state index contributed by atoms with van der Waals surface area (Å²) in [7, 11) is -2.57. The number of ether oxygens (including phenoxy) is 2. The largest absolute Gasteiger partial charge is 0.435 e. The van der Waals surface area contributed by atoms with Gasteiger partial charge in [0.1, 0.15) is 5.44 Å². The Morgan fingerprint density at radius 2 is 1.61 bits per heavy atom. The van der Waals surface area contributed by atoms with Crippen molar-refractivity contribution in [3.8, 4) is 0 Å². The number of hydrogen-bond acceptors (Lipinski definition) is 5. The molecule has 2 aromatic rings. The van der Waals surface area contributed by atoms with Crippen LogP contribution >= 0.6 is 11.8 Å². The summed E-state index contributed by atoms with van der Waals surface area (Å²) in [6.07, 6.45) is -0.491. The van der Waals surface area contributed by atoms with Crippen LogP contribution in [0.15, 0.2) is 60.7 Å². The lowest BCUT2D eigenvalue weighted by molar-refractivity contribution is -0.171. The highest BCUT2D eigenvalue weighted by molar-refractivity contribution is 8.00. The molecule has 1 saturated heterocycles. The third kappa shape index (κ3) is 4.51. The number of benzene rings is 2. The molecule has 150 valence electrons. The van der Waals surface area contributed by atoms with E-state index in [-0.39, 0.29) is 16.4 Å². The second-order valence-corrected chi connectivity index (χ2v) is 13.4. The van der Waals surface area contributed by atoms with Crippen molar-refractivity contribution < 1.29 is 18.7 Å². The van der Waals surface area contributed by atoms with Crippen LogP contribution in [0.1, 0.15) is 27.7 Å². The molecule has 4 nitrogen and oxygen atoms in total. The van der Waals surface area contributed by atoms with Gasteiger partial charge in [0.15, 0.2) is 0 Å². The molecule has 0 saturated carbocycles. The highest BCUT2D eigenvalue weighted by Crippen LogP contribution is 2.38. The van der Waals surface area contributed by atoms with Gasteiger partial charge >= 0.3 is 5.97 Å². The molecule has 0 spiro atoms. The zero-order chi connectivity index (χ0) is 20.2. The maximum atomic E-state index is 11.2. The Labute approximate surface area is 172 Å². The third-order valence-corrected chi connectivity index (χ3v) is 11.0. The molecule has 0 bridgehead atoms. The van der Waals surface area contributed by atoms with E-state index in [1.54, 1.807) is 11.8 Å². The fourth-order valence-electron chi connectivity index (χ4n) is 3.72. The quantitative estimate of drug-likeness (QED) is 0.532. The second kappa shape index (κ2) is 8.82. The van der Waals surface area contributed by atoms with Crippen molar-refractivity contribution in [2.45, 2.75) is 44.5 Å². The van der Waals surface area contributed by atoms with Gasteiger partial charge in [0, 0.05) is 6.92 Å². The smallest absolute Gasteiger partial charge is 0.304 e. The molecule has 0 aliphatic carbocycles. The summed E-state index contributed by atoms with van der Waals surface area (Å²) in [6, 6.07) is 21.1. The van der Waals surface area contributed by atoms with E-state index in [1.165, 1.54) is 17.3 Å². The maximum Gasteiger partial charge on any atom is 0.304 e. The lowest BCUT2D eigenvalue weighted by atomic mass is 10.2. The summed E-state index contributed by atoms with van der Waals surface area (Å²) < 4.78 is 17.9. The molecule has 6 heteroatoms. The molecule has 1 fully saturated rings. The minimum absolute atomic E-state index is 0.0751. The lowest BCUT2D eigenvalue weighted by Crippen LogP contribution is -2.67. The number of thioether (sulfide) groups is 1. The van der Waals surface area contributed by atoms with E-state index < -0.39 is 14.6 Å². The van der Waals surface area contributed by atoms with E-state index in [1.807, 2.05) is 12.1 Å². The highest BCUT2D eigenvalue weighted by Gasteiger charge is 2.50. The molecular weight excluding hydrogens is 388 g/mol. The monoisotopic (exact) mass is 416 g/mol. The van der Waals surface area contributed by atoms with Crippen LogP contribution in [-0.4, -0.2) is 38.4 Å². The highest BCUT2D eigenvalue weighted by atomic mass is 32.2. The molecule has 0 aromatic heterocycles. The van der Waals surface area contributed by atoms with Crippen LogP contribution in [0, 0.1) is 0 Å². The Hall–Kier alpha value is -1.60. The topological polar surface area (TPSA) is 44.8 Å². The molecule has 0 N–H and O–H groups in total. The Bertz CT molecular complexity index is 737. The van der Waals surface area contributed by atoms with Crippen LogP contribution in [-0.2, 0) is 18.7 Å². The Balaban J connectivity index is 1.90. The number of hydrogen-bond donors (Lipinski definition) is 0. The molecule has 2 unspecified atom stereocenters. The van der Waals surface area contributed by atoms with Crippen LogP contribution in [0.5, 0.6) is 0 Å². The zero-order valence-electron chi connectivity index (χ0n) is 16.9. The van der Waals surface area contributed by atoms with E-state index in [2.05, 4.69) is 69.3 Å². The summed E-state index contributed by atoms with van der Waals surface area (Å²) >= 11 is 1.63. The van der Waals surface area contributed by atoms with Crippen molar-refractivity contribution in [2.75, 3.05) is 12.4 Å². The first-order chi connectivity index (χ1) is 13.3. The van der Waals surface area contributed by atoms with E-state index in [4.69, 9.17) is 13.9 Å². The molecule has 0 radical (unpaired) electrons. The molecule has 2 aromatic carbocycles. The number of carbonyl (C=O) groups excluding carboxylic acids is 1.